The Morgan fingerprint density at radius 3 is 2.83 bits per heavy atom. The van der Waals surface area contributed by atoms with Crippen LogP contribution < -0.4 is 4.74 Å². The van der Waals surface area contributed by atoms with Crippen molar-refractivity contribution in [2.24, 2.45) is 0 Å². The molecule has 0 radical (unpaired) electrons. The van der Waals surface area contributed by atoms with E-state index in [-0.39, 0.29) is 6.10 Å². The summed E-state index contributed by atoms with van der Waals surface area (Å²) >= 11 is 0. The summed E-state index contributed by atoms with van der Waals surface area (Å²) in [5.74, 6) is 0.433. The van der Waals surface area contributed by atoms with Crippen LogP contribution in [0.1, 0.15) is 24.3 Å². The molecule has 0 unspecified atom stereocenters. The second-order valence-corrected chi connectivity index (χ2v) is 2.57. The molecule has 4 heteroatoms. The van der Waals surface area contributed by atoms with Gasteiger partial charge in [0.05, 0.1) is 6.10 Å². The predicted molar refractivity (Wildman–Crippen MR) is 43.2 cm³/mol. The first-order valence-electron chi connectivity index (χ1n) is 3.66. The van der Waals surface area contributed by atoms with Crippen molar-refractivity contribution in [3.05, 3.63) is 18.1 Å². The van der Waals surface area contributed by atoms with E-state index in [0.29, 0.717) is 17.9 Å². The number of hydrogen-bond acceptors (Lipinski definition) is 4. The molecule has 0 aliphatic carbocycles. The van der Waals surface area contributed by atoms with E-state index in [1.807, 2.05) is 13.8 Å². The monoisotopic (exact) mass is 166 g/mol. The summed E-state index contributed by atoms with van der Waals surface area (Å²) in [5, 5.41) is 0. The maximum atomic E-state index is 10.3. The van der Waals surface area contributed by atoms with Gasteiger partial charge in [-0.3, -0.25) is 4.79 Å². The van der Waals surface area contributed by atoms with Gasteiger partial charge >= 0.3 is 0 Å². The van der Waals surface area contributed by atoms with Crippen molar-refractivity contribution >= 4 is 6.29 Å². The largest absolute Gasteiger partial charge is 0.475 e. The summed E-state index contributed by atoms with van der Waals surface area (Å²) in [6.45, 7) is 3.78. The van der Waals surface area contributed by atoms with Crippen molar-refractivity contribution in [1.82, 2.24) is 9.97 Å². The Kier molecular flexibility index (Phi) is 2.74. The van der Waals surface area contributed by atoms with E-state index in [0.717, 1.165) is 0 Å². The van der Waals surface area contributed by atoms with Crippen molar-refractivity contribution in [3.63, 3.8) is 0 Å². The van der Waals surface area contributed by atoms with E-state index in [9.17, 15) is 4.79 Å². The van der Waals surface area contributed by atoms with Gasteiger partial charge in [0, 0.05) is 6.07 Å². The first-order valence-corrected chi connectivity index (χ1v) is 3.66. The Morgan fingerprint density at radius 1 is 1.50 bits per heavy atom. The van der Waals surface area contributed by atoms with Crippen LogP contribution in [0, 0.1) is 0 Å². The molecule has 0 bridgehead atoms. The summed E-state index contributed by atoms with van der Waals surface area (Å²) in [7, 11) is 0. The molecule has 4 nitrogen and oxygen atoms in total. The Balaban J connectivity index is 2.79. The summed E-state index contributed by atoms with van der Waals surface area (Å²) in [4.78, 5) is 17.8. The maximum absolute atomic E-state index is 10.3. The smallest absolute Gasteiger partial charge is 0.217 e. The molecule has 64 valence electrons. The normalized spacial score (nSPS) is 9.92. The second-order valence-electron chi connectivity index (χ2n) is 2.57. The minimum absolute atomic E-state index is 0.0550. The minimum Gasteiger partial charge on any atom is -0.475 e. The van der Waals surface area contributed by atoms with Gasteiger partial charge in [0.15, 0.2) is 6.29 Å². The van der Waals surface area contributed by atoms with Crippen LogP contribution in [0.4, 0.5) is 0 Å². The van der Waals surface area contributed by atoms with Crippen molar-refractivity contribution in [3.8, 4) is 5.88 Å². The molecule has 0 aromatic carbocycles. The van der Waals surface area contributed by atoms with Gasteiger partial charge in [-0.2, -0.15) is 0 Å². The fourth-order valence-electron chi connectivity index (χ4n) is 0.724. The number of aldehydes is 1. The van der Waals surface area contributed by atoms with Gasteiger partial charge in [-0.05, 0) is 13.8 Å². The van der Waals surface area contributed by atoms with Crippen LogP contribution in [-0.2, 0) is 0 Å². The quantitative estimate of drug-likeness (QED) is 0.630. The van der Waals surface area contributed by atoms with Crippen LogP contribution in [0.5, 0.6) is 5.88 Å². The highest BCUT2D eigenvalue weighted by molar-refractivity contribution is 5.71. The molecule has 1 heterocycles. The highest BCUT2D eigenvalue weighted by Gasteiger charge is 2.00. The van der Waals surface area contributed by atoms with Crippen LogP contribution in [0.15, 0.2) is 12.4 Å². The topological polar surface area (TPSA) is 52.1 Å². The van der Waals surface area contributed by atoms with Gasteiger partial charge in [0.2, 0.25) is 5.88 Å². The number of carbonyl (C=O) groups is 1. The molecule has 1 aromatic rings. The van der Waals surface area contributed by atoms with E-state index in [4.69, 9.17) is 4.74 Å². The molecule has 0 atom stereocenters. The van der Waals surface area contributed by atoms with Crippen LogP contribution in [0.25, 0.3) is 0 Å². The second kappa shape index (κ2) is 3.80. The maximum Gasteiger partial charge on any atom is 0.217 e. The standard InChI is InChI=1S/C8H10N2O2/c1-6(2)12-8-3-7(4-11)9-5-10-8/h3-6H,1-2H3. The molecule has 0 spiro atoms. The van der Waals surface area contributed by atoms with Crippen molar-refractivity contribution < 1.29 is 9.53 Å². The Labute approximate surface area is 70.6 Å². The van der Waals surface area contributed by atoms with Gasteiger partial charge in [0.25, 0.3) is 0 Å². The highest BCUT2D eigenvalue weighted by Crippen LogP contribution is 2.06. The molecule has 0 saturated carbocycles. The van der Waals surface area contributed by atoms with E-state index in [1.165, 1.54) is 12.4 Å². The van der Waals surface area contributed by atoms with Gasteiger partial charge in [0.1, 0.15) is 12.0 Å². The van der Waals surface area contributed by atoms with E-state index in [2.05, 4.69) is 9.97 Å². The molecule has 0 saturated heterocycles. The molecule has 0 fully saturated rings. The Bertz CT molecular complexity index is 274. The molecule has 0 aliphatic heterocycles. The van der Waals surface area contributed by atoms with Gasteiger partial charge in [-0.15, -0.1) is 0 Å². The number of aromatic nitrogens is 2. The third-order valence-corrected chi connectivity index (χ3v) is 1.14. The van der Waals surface area contributed by atoms with Crippen LogP contribution >= 0.6 is 0 Å². The van der Waals surface area contributed by atoms with Crippen molar-refractivity contribution in [2.75, 3.05) is 0 Å². The molecule has 1 aromatic heterocycles. The predicted octanol–water partition coefficient (Wildman–Crippen LogP) is 1.08. The van der Waals surface area contributed by atoms with E-state index in [1.54, 1.807) is 0 Å². The molecule has 12 heavy (non-hydrogen) atoms. The zero-order valence-electron chi connectivity index (χ0n) is 7.02. The molecule has 0 aliphatic rings. The van der Waals surface area contributed by atoms with Gasteiger partial charge < -0.3 is 4.74 Å². The summed E-state index contributed by atoms with van der Waals surface area (Å²) in [6.07, 6.45) is 2.02. The fourth-order valence-corrected chi connectivity index (χ4v) is 0.724. The summed E-state index contributed by atoms with van der Waals surface area (Å²) in [5.41, 5.74) is 0.334. The Morgan fingerprint density at radius 2 is 2.25 bits per heavy atom. The lowest BCUT2D eigenvalue weighted by atomic mass is 10.4. The number of carbonyl (C=O) groups excluding carboxylic acids is 1. The molecular weight excluding hydrogens is 156 g/mol. The van der Waals surface area contributed by atoms with Gasteiger partial charge in [-0.25, -0.2) is 9.97 Å². The van der Waals surface area contributed by atoms with E-state index >= 15 is 0 Å². The average molecular weight is 166 g/mol. The lowest BCUT2D eigenvalue weighted by molar-refractivity contribution is 0.111. The van der Waals surface area contributed by atoms with Crippen molar-refractivity contribution in [1.29, 1.82) is 0 Å². The SMILES string of the molecule is CC(C)Oc1cc(C=O)ncn1. The number of hydrogen-bond donors (Lipinski definition) is 0. The minimum atomic E-state index is 0.0550. The first-order chi connectivity index (χ1) is 5.72. The number of ether oxygens (including phenoxy) is 1. The number of rotatable bonds is 3. The summed E-state index contributed by atoms with van der Waals surface area (Å²) < 4.78 is 5.25. The Hall–Kier alpha value is -1.45. The summed E-state index contributed by atoms with van der Waals surface area (Å²) in [6, 6.07) is 1.51. The number of nitrogens with zero attached hydrogens (tertiary/aromatic N) is 2. The van der Waals surface area contributed by atoms with Gasteiger partial charge in [-0.1, -0.05) is 0 Å². The van der Waals surface area contributed by atoms with Crippen LogP contribution in [-0.4, -0.2) is 22.4 Å². The fraction of sp³-hybridized carbons (Fsp3) is 0.375. The molecule has 0 N–H and O–H groups in total. The lowest BCUT2D eigenvalue weighted by Crippen LogP contribution is -2.07. The highest BCUT2D eigenvalue weighted by atomic mass is 16.5. The molecule has 0 amide bonds. The molecular formula is C8H10N2O2. The lowest BCUT2D eigenvalue weighted by Gasteiger charge is -2.07. The van der Waals surface area contributed by atoms with Crippen LogP contribution in [0.2, 0.25) is 0 Å². The zero-order valence-corrected chi connectivity index (χ0v) is 7.02. The van der Waals surface area contributed by atoms with Crippen molar-refractivity contribution in [2.45, 2.75) is 20.0 Å². The average Bonchev–Trinajstić information content (AvgIpc) is 2.03. The third kappa shape index (κ3) is 2.30. The molecule has 1 rings (SSSR count). The third-order valence-electron chi connectivity index (χ3n) is 1.14. The zero-order chi connectivity index (χ0) is 8.97. The van der Waals surface area contributed by atoms with E-state index < -0.39 is 0 Å². The first kappa shape index (κ1) is 8.64. The van der Waals surface area contributed by atoms with Crippen LogP contribution in [0.3, 0.4) is 0 Å².